The Hall–Kier alpha value is -1.82. The Morgan fingerprint density at radius 1 is 0.500 bits per heavy atom. The van der Waals surface area contributed by atoms with Crippen LogP contribution in [0.3, 0.4) is 0 Å². The van der Waals surface area contributed by atoms with Crippen molar-refractivity contribution in [2.75, 3.05) is 0 Å². The molecule has 0 heteroatoms. The summed E-state index contributed by atoms with van der Waals surface area (Å²) in [6.07, 6.45) is 0. The van der Waals surface area contributed by atoms with Gasteiger partial charge in [-0.1, -0.05) is 63.1 Å². The molecule has 26 heavy (non-hydrogen) atoms. The molecule has 0 N–H and O–H groups in total. The average Bonchev–Trinajstić information content (AvgIpc) is 2.83. The maximum atomic E-state index is 2.38. The predicted octanol–water partition coefficient (Wildman–Crippen LogP) is 7.99. The van der Waals surface area contributed by atoms with Crippen LogP contribution in [0.2, 0.25) is 0 Å². The topological polar surface area (TPSA) is 0 Å². The first-order chi connectivity index (χ1) is 11.9. The maximum absolute atomic E-state index is 2.38. The molecule has 2 aliphatic rings. The summed E-state index contributed by atoms with van der Waals surface area (Å²) in [6.45, 7) is 23.3. The predicted molar refractivity (Wildman–Crippen MR) is 116 cm³/mol. The maximum Gasteiger partial charge on any atom is 0.0117 e. The van der Waals surface area contributed by atoms with Gasteiger partial charge in [-0.3, -0.25) is 0 Å². The van der Waals surface area contributed by atoms with E-state index in [-0.39, 0.29) is 10.8 Å². The lowest BCUT2D eigenvalue weighted by Crippen LogP contribution is -2.17. The van der Waals surface area contributed by atoms with Crippen LogP contribution in [0.25, 0.3) is 11.1 Å². The average molecular weight is 347 g/mol. The summed E-state index contributed by atoms with van der Waals surface area (Å²) in [5, 5.41) is 0. The van der Waals surface area contributed by atoms with Gasteiger partial charge >= 0.3 is 0 Å². The van der Waals surface area contributed by atoms with Crippen molar-refractivity contribution >= 4 is 11.1 Å². The highest BCUT2D eigenvalue weighted by Crippen LogP contribution is 2.56. The van der Waals surface area contributed by atoms with E-state index < -0.39 is 0 Å². The van der Waals surface area contributed by atoms with Crippen LogP contribution in [-0.2, 0) is 0 Å². The van der Waals surface area contributed by atoms with Crippen LogP contribution in [0.1, 0.15) is 80.4 Å². The van der Waals surface area contributed by atoms with Crippen molar-refractivity contribution in [3.05, 3.63) is 68.8 Å². The molecule has 0 aromatic heterocycles. The molecule has 1 aromatic rings. The Bertz CT molecular complexity index is 844. The number of benzene rings is 1. The largest absolute Gasteiger partial charge is 0.0616 e. The number of hydrogen-bond donors (Lipinski definition) is 0. The Morgan fingerprint density at radius 3 is 1.04 bits per heavy atom. The molecule has 0 saturated carbocycles. The first kappa shape index (κ1) is 19.0. The van der Waals surface area contributed by atoms with Crippen LogP contribution in [0.5, 0.6) is 0 Å². The van der Waals surface area contributed by atoms with E-state index in [4.69, 9.17) is 0 Å². The first-order valence-corrected chi connectivity index (χ1v) is 9.83. The smallest absolute Gasteiger partial charge is 0.0117 e. The molecular weight excluding hydrogens is 312 g/mol. The monoisotopic (exact) mass is 346 g/mol. The zero-order chi connectivity index (χ0) is 19.6. The van der Waals surface area contributed by atoms with Crippen LogP contribution in [0, 0.1) is 10.8 Å². The zero-order valence-corrected chi connectivity index (χ0v) is 18.3. The highest BCUT2D eigenvalue weighted by Gasteiger charge is 2.40. The third-order valence-electron chi connectivity index (χ3n) is 7.59. The van der Waals surface area contributed by atoms with Crippen LogP contribution in [0.15, 0.2) is 57.7 Å². The molecule has 0 unspecified atom stereocenters. The van der Waals surface area contributed by atoms with E-state index in [0.29, 0.717) is 0 Å². The van der Waals surface area contributed by atoms with Gasteiger partial charge in [0.15, 0.2) is 0 Å². The normalized spacial score (nSPS) is 22.2. The van der Waals surface area contributed by atoms with E-state index in [9.17, 15) is 0 Å². The summed E-state index contributed by atoms with van der Waals surface area (Å²) in [7, 11) is 0. The van der Waals surface area contributed by atoms with Crippen molar-refractivity contribution in [1.29, 1.82) is 0 Å². The Labute approximate surface area is 160 Å². The van der Waals surface area contributed by atoms with Gasteiger partial charge in [0.1, 0.15) is 0 Å². The van der Waals surface area contributed by atoms with Crippen LogP contribution in [-0.4, -0.2) is 0 Å². The molecule has 0 heterocycles. The van der Waals surface area contributed by atoms with Gasteiger partial charge in [0, 0.05) is 10.8 Å². The van der Waals surface area contributed by atoms with E-state index in [1.54, 1.807) is 0 Å². The number of allylic oxidation sites excluding steroid dienone is 8. The molecule has 1 aromatic carbocycles. The Balaban J connectivity index is 2.30. The second-order valence-electron chi connectivity index (χ2n) is 9.30. The molecule has 138 valence electrons. The van der Waals surface area contributed by atoms with Gasteiger partial charge in [-0.15, -0.1) is 0 Å². The van der Waals surface area contributed by atoms with E-state index in [0.717, 1.165) is 0 Å². The Kier molecular flexibility index (Phi) is 4.26. The molecule has 0 saturated heterocycles. The fourth-order valence-electron chi connectivity index (χ4n) is 5.18. The second-order valence-corrected chi connectivity index (χ2v) is 9.30. The van der Waals surface area contributed by atoms with E-state index >= 15 is 0 Å². The summed E-state index contributed by atoms with van der Waals surface area (Å²) in [5.74, 6) is 0. The standard InChI is InChI=1S/C26H34/c1-15-17(3)23(25(7,8)19(15)5)21-13-11-12-14-22(21)24-18(4)16(2)20(6)26(24,9)10/h11-14H,1-10H3. The molecule has 0 bridgehead atoms. The van der Waals surface area contributed by atoms with Gasteiger partial charge in [0.05, 0.1) is 0 Å². The summed E-state index contributed by atoms with van der Waals surface area (Å²) < 4.78 is 0. The van der Waals surface area contributed by atoms with E-state index in [1.165, 1.54) is 55.7 Å². The van der Waals surface area contributed by atoms with Gasteiger partial charge < -0.3 is 0 Å². The molecule has 0 atom stereocenters. The minimum atomic E-state index is 0.0823. The lowest BCUT2D eigenvalue weighted by molar-refractivity contribution is 0.602. The van der Waals surface area contributed by atoms with Gasteiger partial charge in [-0.25, -0.2) is 0 Å². The quantitative estimate of drug-likeness (QED) is 0.509. The lowest BCUT2D eigenvalue weighted by Gasteiger charge is -2.32. The van der Waals surface area contributed by atoms with Gasteiger partial charge in [0.2, 0.25) is 0 Å². The summed E-state index contributed by atoms with van der Waals surface area (Å²) in [6, 6.07) is 9.06. The summed E-state index contributed by atoms with van der Waals surface area (Å²) >= 11 is 0. The Morgan fingerprint density at radius 2 is 0.808 bits per heavy atom. The van der Waals surface area contributed by atoms with E-state index in [2.05, 4.69) is 93.5 Å². The third kappa shape index (κ3) is 2.34. The third-order valence-corrected chi connectivity index (χ3v) is 7.59. The fourth-order valence-corrected chi connectivity index (χ4v) is 5.18. The first-order valence-electron chi connectivity index (χ1n) is 9.83. The highest BCUT2D eigenvalue weighted by atomic mass is 14.4. The molecule has 2 aliphatic carbocycles. The number of hydrogen-bond acceptors (Lipinski definition) is 0. The highest BCUT2D eigenvalue weighted by molar-refractivity contribution is 5.92. The SMILES string of the molecule is CC1=C(C)C(C)(C)C(c2ccccc2C2=C(C)C(C)=C(C)C2(C)C)=C1C. The molecular formula is C26H34. The lowest BCUT2D eigenvalue weighted by atomic mass is 9.72. The summed E-state index contributed by atoms with van der Waals surface area (Å²) in [4.78, 5) is 0. The van der Waals surface area contributed by atoms with Crippen molar-refractivity contribution < 1.29 is 0 Å². The van der Waals surface area contributed by atoms with Gasteiger partial charge in [-0.05, 0) is 86.1 Å². The molecule has 0 fully saturated rings. The summed E-state index contributed by atoms with van der Waals surface area (Å²) in [5.41, 5.74) is 14.8. The van der Waals surface area contributed by atoms with Crippen molar-refractivity contribution in [3.63, 3.8) is 0 Å². The van der Waals surface area contributed by atoms with Crippen LogP contribution >= 0.6 is 0 Å². The van der Waals surface area contributed by atoms with Crippen molar-refractivity contribution in [3.8, 4) is 0 Å². The van der Waals surface area contributed by atoms with Crippen molar-refractivity contribution in [2.24, 2.45) is 10.8 Å². The molecule has 0 aliphatic heterocycles. The molecule has 3 rings (SSSR count). The minimum Gasteiger partial charge on any atom is -0.0616 e. The molecule has 0 amide bonds. The van der Waals surface area contributed by atoms with Gasteiger partial charge in [0.25, 0.3) is 0 Å². The fraction of sp³-hybridized carbons (Fsp3) is 0.462. The van der Waals surface area contributed by atoms with Gasteiger partial charge in [-0.2, -0.15) is 0 Å². The minimum absolute atomic E-state index is 0.0823. The zero-order valence-electron chi connectivity index (χ0n) is 18.3. The van der Waals surface area contributed by atoms with Crippen molar-refractivity contribution in [1.82, 2.24) is 0 Å². The van der Waals surface area contributed by atoms with Crippen molar-refractivity contribution in [2.45, 2.75) is 69.2 Å². The van der Waals surface area contributed by atoms with Crippen LogP contribution in [0.4, 0.5) is 0 Å². The van der Waals surface area contributed by atoms with E-state index in [1.807, 2.05) is 0 Å². The number of rotatable bonds is 2. The van der Waals surface area contributed by atoms with Crippen LogP contribution < -0.4 is 0 Å². The molecule has 0 nitrogen and oxygen atoms in total. The molecule has 0 radical (unpaired) electrons. The second kappa shape index (κ2) is 5.84. The molecule has 0 spiro atoms.